The average molecular weight is 343 g/mol. The van der Waals surface area contributed by atoms with E-state index in [1.165, 1.54) is 0 Å². The highest BCUT2D eigenvalue weighted by atomic mass is 32.2. The van der Waals surface area contributed by atoms with Gasteiger partial charge in [-0.1, -0.05) is 32.9 Å². The van der Waals surface area contributed by atoms with Crippen LogP contribution in [0.2, 0.25) is 0 Å². The molecular weight excluding hydrogens is 322 g/mol. The van der Waals surface area contributed by atoms with Crippen LogP contribution in [0.1, 0.15) is 32.8 Å². The molecule has 5 nitrogen and oxygen atoms in total. The molecule has 1 atom stereocenters. The predicted octanol–water partition coefficient (Wildman–Crippen LogP) is 2.52. The summed E-state index contributed by atoms with van der Waals surface area (Å²) in [4.78, 5) is 11.3. The fourth-order valence-electron chi connectivity index (χ4n) is 2.31. The summed E-state index contributed by atoms with van der Waals surface area (Å²) in [6, 6.07) is 6.78. The number of carbonyl (C=O) groups is 1. The molecule has 1 N–H and O–H groups in total. The largest absolute Gasteiger partial charge is 0.479 e. The number of hydrogen-bond acceptors (Lipinski definition) is 4. The molecule has 0 aromatic heterocycles. The highest BCUT2D eigenvalue weighted by molar-refractivity contribution is 8.02. The van der Waals surface area contributed by atoms with Gasteiger partial charge in [-0.3, -0.25) is 0 Å². The van der Waals surface area contributed by atoms with Crippen LogP contribution in [0.3, 0.4) is 0 Å². The third-order valence-electron chi connectivity index (χ3n) is 4.19. The van der Waals surface area contributed by atoms with Gasteiger partial charge in [-0.2, -0.15) is 4.31 Å². The van der Waals surface area contributed by atoms with Crippen molar-refractivity contribution in [2.24, 2.45) is 0 Å². The molecule has 22 heavy (non-hydrogen) atoms. The van der Waals surface area contributed by atoms with Crippen LogP contribution >= 0.6 is 11.8 Å². The number of carboxylic acid groups (broad SMARTS) is 1. The van der Waals surface area contributed by atoms with Gasteiger partial charge in [-0.25, -0.2) is 13.2 Å². The van der Waals surface area contributed by atoms with E-state index < -0.39 is 21.4 Å². The Hall–Kier alpha value is -1.05. The Labute approximate surface area is 135 Å². The van der Waals surface area contributed by atoms with Gasteiger partial charge in [0.2, 0.25) is 10.0 Å². The molecular formula is C15H21NO4S2. The number of rotatable bonds is 5. The van der Waals surface area contributed by atoms with Gasteiger partial charge >= 0.3 is 5.97 Å². The normalized spacial score (nSPS) is 20.2. The topological polar surface area (TPSA) is 74.7 Å². The Morgan fingerprint density at radius 3 is 2.45 bits per heavy atom. The first kappa shape index (κ1) is 17.3. The zero-order chi connectivity index (χ0) is 16.5. The Morgan fingerprint density at radius 1 is 1.36 bits per heavy atom. The molecule has 1 fully saturated rings. The molecule has 122 valence electrons. The molecule has 1 aliphatic heterocycles. The Morgan fingerprint density at radius 2 is 1.95 bits per heavy atom. The van der Waals surface area contributed by atoms with Gasteiger partial charge in [0.05, 0.1) is 4.90 Å². The SMILES string of the molecule is CCC(C)(C)c1ccc(S(=O)(=O)N2CCSC2C(=O)O)cc1. The van der Waals surface area contributed by atoms with E-state index in [1.807, 2.05) is 12.1 Å². The van der Waals surface area contributed by atoms with Crippen LogP contribution in [0.4, 0.5) is 0 Å². The van der Waals surface area contributed by atoms with Crippen molar-refractivity contribution >= 4 is 27.8 Å². The molecule has 2 rings (SSSR count). The van der Waals surface area contributed by atoms with E-state index in [0.29, 0.717) is 5.75 Å². The van der Waals surface area contributed by atoms with E-state index in [4.69, 9.17) is 5.11 Å². The number of carboxylic acids is 1. The van der Waals surface area contributed by atoms with Crippen molar-refractivity contribution in [1.29, 1.82) is 0 Å². The quantitative estimate of drug-likeness (QED) is 0.889. The van der Waals surface area contributed by atoms with Crippen LogP contribution in [0.5, 0.6) is 0 Å². The van der Waals surface area contributed by atoms with Crippen LogP contribution in [-0.2, 0) is 20.2 Å². The minimum absolute atomic E-state index is 0.0185. The van der Waals surface area contributed by atoms with Crippen molar-refractivity contribution < 1.29 is 18.3 Å². The van der Waals surface area contributed by atoms with Crippen molar-refractivity contribution in [3.63, 3.8) is 0 Å². The Balaban J connectivity index is 2.33. The van der Waals surface area contributed by atoms with Crippen LogP contribution in [-0.4, -0.2) is 41.5 Å². The zero-order valence-electron chi connectivity index (χ0n) is 12.9. The molecule has 1 aliphatic rings. The molecule has 1 unspecified atom stereocenters. The lowest BCUT2D eigenvalue weighted by molar-refractivity contribution is -0.138. The van der Waals surface area contributed by atoms with E-state index >= 15 is 0 Å². The lowest BCUT2D eigenvalue weighted by atomic mass is 9.82. The van der Waals surface area contributed by atoms with Crippen molar-refractivity contribution in [3.8, 4) is 0 Å². The fourth-order valence-corrected chi connectivity index (χ4v) is 5.32. The molecule has 0 radical (unpaired) electrons. The van der Waals surface area contributed by atoms with Crippen molar-refractivity contribution in [3.05, 3.63) is 29.8 Å². The van der Waals surface area contributed by atoms with Gasteiger partial charge in [-0.05, 0) is 29.5 Å². The lowest BCUT2D eigenvalue weighted by Crippen LogP contribution is -2.39. The van der Waals surface area contributed by atoms with Crippen molar-refractivity contribution in [2.75, 3.05) is 12.3 Å². The minimum Gasteiger partial charge on any atom is -0.479 e. The number of thioether (sulfide) groups is 1. The maximum Gasteiger partial charge on any atom is 0.332 e. The van der Waals surface area contributed by atoms with E-state index in [1.54, 1.807) is 12.1 Å². The summed E-state index contributed by atoms with van der Waals surface area (Å²) in [6.45, 7) is 6.53. The molecule has 1 saturated heterocycles. The van der Waals surface area contributed by atoms with Gasteiger partial charge in [0.25, 0.3) is 0 Å². The minimum atomic E-state index is -3.77. The van der Waals surface area contributed by atoms with E-state index in [9.17, 15) is 13.2 Å². The number of nitrogens with zero attached hydrogens (tertiary/aromatic N) is 1. The number of aliphatic carboxylic acids is 1. The summed E-state index contributed by atoms with van der Waals surface area (Å²) in [5.74, 6) is -0.619. The number of hydrogen-bond donors (Lipinski definition) is 1. The van der Waals surface area contributed by atoms with Crippen molar-refractivity contribution in [2.45, 2.75) is 42.9 Å². The zero-order valence-corrected chi connectivity index (χ0v) is 14.6. The van der Waals surface area contributed by atoms with E-state index in [-0.39, 0.29) is 16.9 Å². The summed E-state index contributed by atoms with van der Waals surface area (Å²) < 4.78 is 26.3. The maximum absolute atomic E-state index is 12.6. The van der Waals surface area contributed by atoms with Crippen LogP contribution < -0.4 is 0 Å². The third-order valence-corrected chi connectivity index (χ3v) is 7.39. The first-order chi connectivity index (χ1) is 10.2. The van der Waals surface area contributed by atoms with E-state index in [2.05, 4.69) is 20.8 Å². The second kappa shape index (κ2) is 6.22. The molecule has 7 heteroatoms. The average Bonchev–Trinajstić information content (AvgIpc) is 2.98. The van der Waals surface area contributed by atoms with Gasteiger partial charge in [0, 0.05) is 12.3 Å². The Kier molecular flexibility index (Phi) is 4.89. The second-order valence-electron chi connectivity index (χ2n) is 5.94. The Bertz CT molecular complexity index is 653. The molecule has 0 spiro atoms. The third kappa shape index (κ3) is 3.16. The van der Waals surface area contributed by atoms with Gasteiger partial charge in [0.15, 0.2) is 5.37 Å². The molecule has 0 aliphatic carbocycles. The summed E-state index contributed by atoms with van der Waals surface area (Å²) in [6.07, 6.45) is 0.947. The highest BCUT2D eigenvalue weighted by Crippen LogP contribution is 2.32. The molecule has 0 amide bonds. The van der Waals surface area contributed by atoms with Gasteiger partial charge in [-0.15, -0.1) is 11.8 Å². The van der Waals surface area contributed by atoms with Crippen LogP contribution in [0, 0.1) is 0 Å². The molecule has 0 bridgehead atoms. The molecule has 1 aromatic carbocycles. The smallest absolute Gasteiger partial charge is 0.332 e. The standard InChI is InChI=1S/C15H21NO4S2/c1-4-15(2,3)11-5-7-12(8-6-11)22(19,20)16-9-10-21-13(16)14(17)18/h5-8,13H,4,9-10H2,1-3H3,(H,17,18). The van der Waals surface area contributed by atoms with Gasteiger partial charge in [0.1, 0.15) is 0 Å². The summed E-state index contributed by atoms with van der Waals surface area (Å²) in [7, 11) is -3.77. The second-order valence-corrected chi connectivity index (χ2v) is 9.02. The number of sulfonamides is 1. The summed E-state index contributed by atoms with van der Waals surface area (Å²) >= 11 is 1.14. The fraction of sp³-hybridized carbons (Fsp3) is 0.533. The van der Waals surface area contributed by atoms with E-state index in [0.717, 1.165) is 28.1 Å². The summed E-state index contributed by atoms with van der Waals surface area (Å²) in [5.41, 5.74) is 1.05. The first-order valence-electron chi connectivity index (χ1n) is 7.17. The predicted molar refractivity (Wildman–Crippen MR) is 87.5 cm³/mol. The maximum atomic E-state index is 12.6. The lowest BCUT2D eigenvalue weighted by Gasteiger charge is -2.24. The summed E-state index contributed by atoms with van der Waals surface area (Å²) in [5, 5.41) is 8.12. The molecule has 0 saturated carbocycles. The van der Waals surface area contributed by atoms with Crippen LogP contribution in [0.25, 0.3) is 0 Å². The van der Waals surface area contributed by atoms with Crippen LogP contribution in [0.15, 0.2) is 29.2 Å². The van der Waals surface area contributed by atoms with Crippen molar-refractivity contribution in [1.82, 2.24) is 4.31 Å². The molecule has 1 heterocycles. The van der Waals surface area contributed by atoms with Gasteiger partial charge < -0.3 is 5.11 Å². The number of benzene rings is 1. The highest BCUT2D eigenvalue weighted by Gasteiger charge is 2.40. The monoisotopic (exact) mass is 343 g/mol. The first-order valence-corrected chi connectivity index (χ1v) is 9.66. The molecule has 1 aromatic rings.